The molecule has 0 spiro atoms. The zero-order valence-electron chi connectivity index (χ0n) is 14.0. The van der Waals surface area contributed by atoms with Crippen LogP contribution in [0.2, 0.25) is 0 Å². The van der Waals surface area contributed by atoms with Crippen molar-refractivity contribution in [3.8, 4) is 0 Å². The third kappa shape index (κ3) is 4.71. The Labute approximate surface area is 132 Å². The van der Waals surface area contributed by atoms with Crippen molar-refractivity contribution in [3.63, 3.8) is 0 Å². The highest BCUT2D eigenvalue weighted by molar-refractivity contribution is 5.89. The molecule has 22 heavy (non-hydrogen) atoms. The lowest BCUT2D eigenvalue weighted by Gasteiger charge is -2.36. The summed E-state index contributed by atoms with van der Waals surface area (Å²) in [6.45, 7) is 7.05. The summed E-state index contributed by atoms with van der Waals surface area (Å²) in [5.41, 5.74) is 0.732. The second kappa shape index (κ2) is 7.60. The Morgan fingerprint density at radius 2 is 2.27 bits per heavy atom. The van der Waals surface area contributed by atoms with Crippen molar-refractivity contribution in [3.05, 3.63) is 12.4 Å². The summed E-state index contributed by atoms with van der Waals surface area (Å²) in [7, 11) is 4.05. The summed E-state index contributed by atoms with van der Waals surface area (Å²) in [6.07, 6.45) is 4.66. The van der Waals surface area contributed by atoms with E-state index in [2.05, 4.69) is 22.2 Å². The molecule has 1 saturated heterocycles. The molecule has 1 fully saturated rings. The van der Waals surface area contributed by atoms with Crippen molar-refractivity contribution in [1.29, 1.82) is 0 Å². The first-order valence-electron chi connectivity index (χ1n) is 7.86. The average molecular weight is 309 g/mol. The second-order valence-electron chi connectivity index (χ2n) is 6.11. The van der Waals surface area contributed by atoms with Gasteiger partial charge in [-0.3, -0.25) is 4.68 Å². The SMILES string of the molecule is CC[C@@H]1CN(C(=O)Nc2cnn(CCN(C)C)c2)C[C@@H](C)O1. The molecule has 1 N–H and O–H groups in total. The van der Waals surface area contributed by atoms with Gasteiger partial charge in [-0.1, -0.05) is 6.92 Å². The van der Waals surface area contributed by atoms with Gasteiger partial charge in [-0.05, 0) is 27.4 Å². The van der Waals surface area contributed by atoms with Crippen LogP contribution in [0.25, 0.3) is 0 Å². The summed E-state index contributed by atoms with van der Waals surface area (Å²) in [5.74, 6) is 0. The molecule has 2 heterocycles. The van der Waals surface area contributed by atoms with E-state index in [4.69, 9.17) is 4.74 Å². The number of hydrogen-bond acceptors (Lipinski definition) is 4. The highest BCUT2D eigenvalue weighted by atomic mass is 16.5. The number of carbonyl (C=O) groups excluding carboxylic acids is 1. The molecule has 7 nitrogen and oxygen atoms in total. The van der Waals surface area contributed by atoms with Gasteiger partial charge < -0.3 is 19.9 Å². The van der Waals surface area contributed by atoms with Crippen molar-refractivity contribution in [1.82, 2.24) is 19.6 Å². The van der Waals surface area contributed by atoms with E-state index >= 15 is 0 Å². The van der Waals surface area contributed by atoms with E-state index in [1.54, 1.807) is 6.20 Å². The largest absolute Gasteiger partial charge is 0.372 e. The van der Waals surface area contributed by atoms with Gasteiger partial charge in [0.1, 0.15) is 0 Å². The number of carbonyl (C=O) groups is 1. The van der Waals surface area contributed by atoms with Gasteiger partial charge in [0.05, 0.1) is 30.6 Å². The van der Waals surface area contributed by atoms with Gasteiger partial charge in [0.25, 0.3) is 0 Å². The quantitative estimate of drug-likeness (QED) is 0.895. The van der Waals surface area contributed by atoms with Crippen molar-refractivity contribution in [2.24, 2.45) is 0 Å². The fourth-order valence-corrected chi connectivity index (χ4v) is 2.49. The first-order chi connectivity index (χ1) is 10.5. The molecule has 7 heteroatoms. The van der Waals surface area contributed by atoms with Crippen molar-refractivity contribution in [2.75, 3.05) is 39.0 Å². The van der Waals surface area contributed by atoms with E-state index in [1.165, 1.54) is 0 Å². The highest BCUT2D eigenvalue weighted by Crippen LogP contribution is 2.15. The summed E-state index contributed by atoms with van der Waals surface area (Å²) in [6, 6.07) is -0.0826. The van der Waals surface area contributed by atoms with Crippen LogP contribution in [-0.4, -0.2) is 71.5 Å². The molecule has 1 aliphatic heterocycles. The number of morpholine rings is 1. The highest BCUT2D eigenvalue weighted by Gasteiger charge is 2.27. The predicted octanol–water partition coefficient (Wildman–Crippen LogP) is 1.48. The molecule has 1 aromatic rings. The summed E-state index contributed by atoms with van der Waals surface area (Å²) >= 11 is 0. The number of urea groups is 1. The van der Waals surface area contributed by atoms with Crippen LogP contribution >= 0.6 is 0 Å². The molecule has 2 atom stereocenters. The standard InChI is InChI=1S/C15H27N5O2/c1-5-14-11-19(9-12(2)22-14)15(21)17-13-8-16-20(10-13)7-6-18(3)4/h8,10,12,14H,5-7,9,11H2,1-4H3,(H,17,21)/t12-,14-/m1/s1. The van der Waals surface area contributed by atoms with Crippen molar-refractivity contribution < 1.29 is 9.53 Å². The van der Waals surface area contributed by atoms with E-state index < -0.39 is 0 Å². The first-order valence-corrected chi connectivity index (χ1v) is 7.86. The van der Waals surface area contributed by atoms with E-state index in [1.807, 2.05) is 36.8 Å². The Hall–Kier alpha value is -1.60. The van der Waals surface area contributed by atoms with Gasteiger partial charge in [-0.15, -0.1) is 0 Å². The minimum Gasteiger partial charge on any atom is -0.372 e. The van der Waals surface area contributed by atoms with Gasteiger partial charge in [0, 0.05) is 25.8 Å². The van der Waals surface area contributed by atoms with Crippen molar-refractivity contribution in [2.45, 2.75) is 39.0 Å². The third-order valence-corrected chi connectivity index (χ3v) is 3.73. The Morgan fingerprint density at radius 3 is 2.95 bits per heavy atom. The molecule has 0 saturated carbocycles. The maximum atomic E-state index is 12.4. The molecule has 124 valence electrons. The summed E-state index contributed by atoms with van der Waals surface area (Å²) in [4.78, 5) is 16.3. The molecular weight excluding hydrogens is 282 g/mol. The Kier molecular flexibility index (Phi) is 5.79. The van der Waals surface area contributed by atoms with Gasteiger partial charge in [-0.25, -0.2) is 4.79 Å². The molecule has 2 amide bonds. The van der Waals surface area contributed by atoms with Gasteiger partial charge in [0.2, 0.25) is 0 Å². The maximum Gasteiger partial charge on any atom is 0.322 e. The Bertz CT molecular complexity index is 488. The summed E-state index contributed by atoms with van der Waals surface area (Å²) in [5, 5.41) is 7.18. The number of ether oxygens (including phenoxy) is 1. The fraction of sp³-hybridized carbons (Fsp3) is 0.733. The van der Waals surface area contributed by atoms with Crippen LogP contribution in [0.15, 0.2) is 12.4 Å². The zero-order chi connectivity index (χ0) is 16.1. The molecule has 1 aliphatic rings. The second-order valence-corrected chi connectivity index (χ2v) is 6.11. The van der Waals surface area contributed by atoms with Crippen molar-refractivity contribution >= 4 is 11.7 Å². The van der Waals surface area contributed by atoms with Crippen LogP contribution < -0.4 is 5.32 Å². The lowest BCUT2D eigenvalue weighted by molar-refractivity contribution is -0.0632. The van der Waals surface area contributed by atoms with Crippen LogP contribution in [0.1, 0.15) is 20.3 Å². The molecule has 0 aromatic carbocycles. The van der Waals surface area contributed by atoms with E-state index in [0.717, 1.165) is 25.2 Å². The first kappa shape index (κ1) is 16.8. The number of nitrogens with zero attached hydrogens (tertiary/aromatic N) is 4. The maximum absolute atomic E-state index is 12.4. The van der Waals surface area contributed by atoms with Crippen LogP contribution in [0, 0.1) is 0 Å². The van der Waals surface area contributed by atoms with Crippen LogP contribution in [0.4, 0.5) is 10.5 Å². The molecular formula is C15H27N5O2. The molecule has 2 rings (SSSR count). The average Bonchev–Trinajstić information content (AvgIpc) is 2.92. The number of amides is 2. The number of aromatic nitrogens is 2. The fourth-order valence-electron chi connectivity index (χ4n) is 2.49. The number of anilines is 1. The topological polar surface area (TPSA) is 62.6 Å². The molecule has 1 aromatic heterocycles. The number of likely N-dealkylation sites (N-methyl/N-ethyl adjacent to an activating group) is 1. The predicted molar refractivity (Wildman–Crippen MR) is 86.0 cm³/mol. The van der Waals surface area contributed by atoms with E-state index in [0.29, 0.717) is 13.1 Å². The Morgan fingerprint density at radius 1 is 1.50 bits per heavy atom. The van der Waals surface area contributed by atoms with Gasteiger partial charge in [0.15, 0.2) is 0 Å². The van der Waals surface area contributed by atoms with Gasteiger partial charge in [-0.2, -0.15) is 5.10 Å². The number of rotatable bonds is 5. The minimum atomic E-state index is -0.0826. The smallest absolute Gasteiger partial charge is 0.322 e. The normalized spacial score (nSPS) is 22.1. The van der Waals surface area contributed by atoms with Crippen LogP contribution in [0.5, 0.6) is 0 Å². The minimum absolute atomic E-state index is 0.0762. The molecule has 0 bridgehead atoms. The number of hydrogen-bond donors (Lipinski definition) is 1. The van der Waals surface area contributed by atoms with E-state index in [9.17, 15) is 4.79 Å². The lowest BCUT2D eigenvalue weighted by Crippen LogP contribution is -2.50. The zero-order valence-corrected chi connectivity index (χ0v) is 14.0. The molecule has 0 aliphatic carbocycles. The van der Waals surface area contributed by atoms with Gasteiger partial charge >= 0.3 is 6.03 Å². The van der Waals surface area contributed by atoms with E-state index in [-0.39, 0.29) is 18.2 Å². The summed E-state index contributed by atoms with van der Waals surface area (Å²) < 4.78 is 7.62. The van der Waals surface area contributed by atoms with Crippen LogP contribution in [-0.2, 0) is 11.3 Å². The molecule has 0 unspecified atom stereocenters. The molecule has 0 radical (unpaired) electrons. The monoisotopic (exact) mass is 309 g/mol. The Balaban J connectivity index is 1.88. The number of nitrogens with one attached hydrogen (secondary N) is 1. The third-order valence-electron chi connectivity index (χ3n) is 3.73. The van der Waals surface area contributed by atoms with Crippen LogP contribution in [0.3, 0.4) is 0 Å². The lowest BCUT2D eigenvalue weighted by atomic mass is 10.2.